The molecular formula is C33H50N4O5. The fourth-order valence-corrected chi connectivity index (χ4v) is 9.96. The number of carbonyl (C=O) groups excluding carboxylic acids is 3. The zero-order valence-corrected chi connectivity index (χ0v) is 26.2. The van der Waals surface area contributed by atoms with E-state index >= 15 is 0 Å². The van der Waals surface area contributed by atoms with E-state index in [1.54, 1.807) is 23.9 Å². The average Bonchev–Trinajstić information content (AvgIpc) is 3.54. The van der Waals surface area contributed by atoms with Crippen LogP contribution >= 0.6 is 0 Å². The van der Waals surface area contributed by atoms with E-state index in [-0.39, 0.29) is 34.9 Å². The molecule has 0 aromatic carbocycles. The summed E-state index contributed by atoms with van der Waals surface area (Å²) in [6, 6.07) is -0.192. The van der Waals surface area contributed by atoms with E-state index in [1.807, 2.05) is 13.0 Å². The summed E-state index contributed by atoms with van der Waals surface area (Å²) in [5.41, 5.74) is 2.68. The molecule has 3 saturated carbocycles. The first-order valence-electron chi connectivity index (χ1n) is 16.3. The van der Waals surface area contributed by atoms with Gasteiger partial charge in [-0.05, 0) is 99.4 Å². The third kappa shape index (κ3) is 5.12. The Hall–Kier alpha value is -2.26. The molecule has 6 rings (SSSR count). The highest BCUT2D eigenvalue weighted by Gasteiger charge is 2.59. The minimum absolute atomic E-state index is 0.0243. The second-order valence-corrected chi connectivity index (χ2v) is 14.8. The van der Waals surface area contributed by atoms with E-state index in [1.165, 1.54) is 24.8 Å². The van der Waals surface area contributed by atoms with Crippen LogP contribution in [-0.4, -0.2) is 85.3 Å². The summed E-state index contributed by atoms with van der Waals surface area (Å²) in [5.74, 6) is 2.69. The highest BCUT2D eigenvalue weighted by molar-refractivity contribution is 5.91. The fraction of sp³-hybridized carbons (Fsp3) is 0.818. The van der Waals surface area contributed by atoms with Crippen LogP contribution in [0.2, 0.25) is 0 Å². The van der Waals surface area contributed by atoms with Gasteiger partial charge < -0.3 is 15.0 Å². The van der Waals surface area contributed by atoms with Crippen LogP contribution in [0.1, 0.15) is 85.0 Å². The summed E-state index contributed by atoms with van der Waals surface area (Å²) in [5, 5.41) is 7.91. The topological polar surface area (TPSA) is 101 Å². The van der Waals surface area contributed by atoms with Gasteiger partial charge in [0.1, 0.15) is 0 Å². The molecule has 6 aliphatic rings. The highest BCUT2D eigenvalue weighted by Crippen LogP contribution is 2.66. The third-order valence-corrected chi connectivity index (χ3v) is 12.4. The van der Waals surface area contributed by atoms with Gasteiger partial charge in [-0.1, -0.05) is 24.6 Å². The predicted octanol–water partition coefficient (Wildman–Crippen LogP) is 4.56. The van der Waals surface area contributed by atoms with E-state index < -0.39 is 6.09 Å². The molecule has 8 atom stereocenters. The van der Waals surface area contributed by atoms with Gasteiger partial charge in [-0.15, -0.1) is 0 Å². The summed E-state index contributed by atoms with van der Waals surface area (Å²) in [7, 11) is 3.54. The number of likely N-dealkylation sites (N-methyl/N-ethyl adjacent to an activating group) is 1. The Morgan fingerprint density at radius 2 is 1.83 bits per heavy atom. The summed E-state index contributed by atoms with van der Waals surface area (Å²) >= 11 is 0. The number of rotatable bonds is 6. The van der Waals surface area contributed by atoms with Crippen LogP contribution in [0.15, 0.2) is 16.8 Å². The smallest absolute Gasteiger partial charge is 0.377 e. The van der Waals surface area contributed by atoms with Crippen LogP contribution in [0.5, 0.6) is 0 Å². The van der Waals surface area contributed by atoms with Gasteiger partial charge in [0.25, 0.3) is 0 Å². The lowest BCUT2D eigenvalue weighted by atomic mass is 9.46. The number of allylic oxidation sites excluding steroid dienone is 1. The molecule has 0 aromatic heterocycles. The number of ether oxygens (including phenoxy) is 1. The molecule has 0 spiro atoms. The number of hydrogen-bond donors (Lipinski definition) is 1. The molecule has 9 nitrogen and oxygen atoms in total. The van der Waals surface area contributed by atoms with E-state index in [4.69, 9.17) is 9.57 Å². The van der Waals surface area contributed by atoms with Crippen molar-refractivity contribution in [1.29, 1.82) is 0 Å². The lowest BCUT2D eigenvalue weighted by molar-refractivity contribution is -0.130. The predicted molar refractivity (Wildman–Crippen MR) is 160 cm³/mol. The fourth-order valence-electron chi connectivity index (χ4n) is 9.96. The number of hydrogen-bond acceptors (Lipinski definition) is 7. The number of nitrogens with zero attached hydrogens (tertiary/aromatic N) is 3. The van der Waals surface area contributed by atoms with Crippen LogP contribution in [0.4, 0.5) is 4.79 Å². The maximum atomic E-state index is 13.4. The first-order valence-corrected chi connectivity index (χ1v) is 16.3. The van der Waals surface area contributed by atoms with Gasteiger partial charge in [-0.25, -0.2) is 4.79 Å². The molecule has 0 aromatic rings. The van der Waals surface area contributed by atoms with Crippen LogP contribution in [-0.2, 0) is 19.2 Å². The van der Waals surface area contributed by atoms with Crippen molar-refractivity contribution in [2.24, 2.45) is 39.7 Å². The zero-order chi connectivity index (χ0) is 29.8. The number of oxime groups is 1. The van der Waals surface area contributed by atoms with Gasteiger partial charge in [0, 0.05) is 39.0 Å². The molecule has 232 valence electrons. The van der Waals surface area contributed by atoms with Crippen molar-refractivity contribution in [3.63, 3.8) is 0 Å². The van der Waals surface area contributed by atoms with Crippen molar-refractivity contribution < 1.29 is 24.0 Å². The van der Waals surface area contributed by atoms with E-state index in [9.17, 15) is 14.4 Å². The van der Waals surface area contributed by atoms with Gasteiger partial charge in [-0.2, -0.15) is 0 Å². The highest BCUT2D eigenvalue weighted by atomic mass is 16.7. The first kappa shape index (κ1) is 29.8. The minimum atomic E-state index is -0.429. The molecule has 2 unspecified atom stereocenters. The van der Waals surface area contributed by atoms with Crippen molar-refractivity contribution in [3.8, 4) is 0 Å². The van der Waals surface area contributed by atoms with Gasteiger partial charge in [-0.3, -0.25) is 19.3 Å². The van der Waals surface area contributed by atoms with Crippen LogP contribution in [0.3, 0.4) is 0 Å². The quantitative estimate of drug-likeness (QED) is 0.280. The molecule has 2 heterocycles. The summed E-state index contributed by atoms with van der Waals surface area (Å²) in [6.45, 7) is 8.41. The number of fused-ring (bicyclic) bond motifs is 5. The number of ketones is 1. The second kappa shape index (κ2) is 11.3. The standard InChI is InChI=1S/C33H50N4O5/c1-20(35-42-31(40)37(23-18-41-19-23)17-22-7-11-29(34-22)30(39)36(4)5)26-9-10-27-25-8-6-21-16-24(38)12-14-32(21,2)28(25)13-15-33(26,27)3/h16,22-23,25-29,34H,6-15,17-19H2,1-5H3/b35-20+/t22?,25-,26+,27-,28-,29?,32-,33+/m0/s1. The number of carbonyl (C=O) groups is 3. The van der Waals surface area contributed by atoms with E-state index in [2.05, 4.69) is 24.3 Å². The van der Waals surface area contributed by atoms with Crippen molar-refractivity contribution in [2.75, 3.05) is 33.9 Å². The van der Waals surface area contributed by atoms with Gasteiger partial charge in [0.2, 0.25) is 5.91 Å². The maximum Gasteiger partial charge on any atom is 0.436 e. The van der Waals surface area contributed by atoms with Crippen molar-refractivity contribution in [1.82, 2.24) is 15.1 Å². The van der Waals surface area contributed by atoms with Gasteiger partial charge >= 0.3 is 6.09 Å². The van der Waals surface area contributed by atoms with Crippen molar-refractivity contribution in [3.05, 3.63) is 11.6 Å². The molecule has 2 amide bonds. The Labute approximate surface area is 250 Å². The third-order valence-electron chi connectivity index (χ3n) is 12.4. The van der Waals surface area contributed by atoms with Crippen molar-refractivity contribution in [2.45, 2.75) is 103 Å². The molecule has 42 heavy (non-hydrogen) atoms. The summed E-state index contributed by atoms with van der Waals surface area (Å²) < 4.78 is 5.40. The Bertz CT molecular complexity index is 1160. The Balaban J connectivity index is 1.10. The maximum absolute atomic E-state index is 13.4. The normalized spacial score (nSPS) is 39.9. The summed E-state index contributed by atoms with van der Waals surface area (Å²) in [4.78, 5) is 47.0. The Morgan fingerprint density at radius 3 is 2.55 bits per heavy atom. The second-order valence-electron chi connectivity index (χ2n) is 14.8. The number of nitrogens with one attached hydrogen (secondary N) is 1. The largest absolute Gasteiger partial charge is 0.436 e. The van der Waals surface area contributed by atoms with Crippen LogP contribution in [0.25, 0.3) is 0 Å². The monoisotopic (exact) mass is 582 g/mol. The molecular weight excluding hydrogens is 532 g/mol. The van der Waals surface area contributed by atoms with Crippen LogP contribution < -0.4 is 5.32 Å². The van der Waals surface area contributed by atoms with Crippen molar-refractivity contribution >= 4 is 23.5 Å². The van der Waals surface area contributed by atoms with E-state index in [0.29, 0.717) is 55.6 Å². The zero-order valence-electron chi connectivity index (χ0n) is 26.2. The molecule has 2 aliphatic heterocycles. The molecule has 0 radical (unpaired) electrons. The number of amides is 2. The Kier molecular flexibility index (Phi) is 8.05. The van der Waals surface area contributed by atoms with Gasteiger partial charge in [0.05, 0.1) is 31.0 Å². The SMILES string of the molecule is C/C(=N\OC(=O)N(CC1CCC(C(=O)N(C)C)N1)C1COC1)[C@H]1CC[C@H]2[C@@H]3CCC4=CC(=O)CC[C@]4(C)[C@H]3CC[C@]12C. The average molecular weight is 583 g/mol. The molecule has 1 N–H and O–H groups in total. The lowest BCUT2D eigenvalue weighted by Crippen LogP contribution is -2.55. The lowest BCUT2D eigenvalue weighted by Gasteiger charge is -2.58. The molecule has 4 aliphatic carbocycles. The van der Waals surface area contributed by atoms with E-state index in [0.717, 1.165) is 44.2 Å². The molecule has 2 saturated heterocycles. The van der Waals surface area contributed by atoms with Gasteiger partial charge in [0.15, 0.2) is 5.78 Å². The van der Waals surface area contributed by atoms with Crippen LogP contribution in [0, 0.1) is 34.5 Å². The molecule has 0 bridgehead atoms. The Morgan fingerprint density at radius 1 is 1.05 bits per heavy atom. The first-order chi connectivity index (χ1) is 20.0. The minimum Gasteiger partial charge on any atom is -0.377 e. The molecule has 5 fully saturated rings. The molecule has 9 heteroatoms. The summed E-state index contributed by atoms with van der Waals surface area (Å²) in [6.07, 6.45) is 11.7.